The number of hydrogen-bond acceptors (Lipinski definition) is 5. The molecule has 0 aromatic heterocycles. The van der Waals surface area contributed by atoms with Crippen molar-refractivity contribution in [3.63, 3.8) is 0 Å². The number of benzene rings is 2. The van der Waals surface area contributed by atoms with Gasteiger partial charge in [-0.25, -0.2) is 0 Å². The Morgan fingerprint density at radius 2 is 1.88 bits per heavy atom. The number of anilines is 1. The lowest BCUT2D eigenvalue weighted by Crippen LogP contribution is -2.44. The van der Waals surface area contributed by atoms with Crippen LogP contribution in [-0.4, -0.2) is 58.7 Å². The molecule has 1 heterocycles. The van der Waals surface area contributed by atoms with Crippen molar-refractivity contribution in [2.45, 2.75) is 20.8 Å². The van der Waals surface area contributed by atoms with E-state index in [9.17, 15) is 24.5 Å². The largest absolute Gasteiger partial charge is 0.329 e. The maximum atomic E-state index is 13.1. The van der Waals surface area contributed by atoms with Gasteiger partial charge < -0.3 is 9.80 Å². The number of nitro benzene ring substituents is 1. The lowest BCUT2D eigenvalue weighted by Gasteiger charge is -2.26. The van der Waals surface area contributed by atoms with Crippen LogP contribution >= 0.6 is 23.2 Å². The monoisotopic (exact) mass is 506 g/mol. The molecule has 1 aliphatic rings. The number of carbonyl (C=O) groups is 3. The fraction of sp³-hybridized carbons (Fsp3) is 0.348. The summed E-state index contributed by atoms with van der Waals surface area (Å²) in [6.07, 6.45) is 0. The van der Waals surface area contributed by atoms with Gasteiger partial charge in [-0.15, -0.1) is 0 Å². The van der Waals surface area contributed by atoms with Crippen LogP contribution in [0, 0.1) is 23.0 Å². The lowest BCUT2D eigenvalue weighted by atomic mass is 10.1. The van der Waals surface area contributed by atoms with Crippen molar-refractivity contribution in [2.75, 3.05) is 31.2 Å². The highest BCUT2D eigenvalue weighted by molar-refractivity contribution is 6.32. The third-order valence-electron chi connectivity index (χ3n) is 5.41. The smallest absolute Gasteiger partial charge is 0.288 e. The van der Waals surface area contributed by atoms with Crippen LogP contribution in [0.4, 0.5) is 11.4 Å². The number of rotatable bonds is 7. The van der Waals surface area contributed by atoms with Gasteiger partial charge in [0, 0.05) is 28.9 Å². The molecule has 3 rings (SSSR count). The lowest BCUT2D eigenvalue weighted by molar-refractivity contribution is -0.384. The molecule has 0 radical (unpaired) electrons. The predicted octanol–water partition coefficient (Wildman–Crippen LogP) is 4.14. The summed E-state index contributed by atoms with van der Waals surface area (Å²) in [6.45, 7) is 5.46. The van der Waals surface area contributed by atoms with Crippen molar-refractivity contribution in [1.29, 1.82) is 0 Å². The Labute approximate surface area is 207 Å². The molecule has 34 heavy (non-hydrogen) atoms. The first-order chi connectivity index (χ1) is 16.0. The van der Waals surface area contributed by atoms with Crippen molar-refractivity contribution < 1.29 is 19.3 Å². The Morgan fingerprint density at radius 3 is 2.53 bits per heavy atom. The van der Waals surface area contributed by atoms with E-state index in [1.807, 2.05) is 13.8 Å². The Kier molecular flexibility index (Phi) is 7.78. The molecule has 0 atom stereocenters. The molecule has 0 spiro atoms. The second-order valence-electron chi connectivity index (χ2n) is 8.44. The summed E-state index contributed by atoms with van der Waals surface area (Å²) in [4.78, 5) is 53.6. The highest BCUT2D eigenvalue weighted by Gasteiger charge is 2.34. The minimum Gasteiger partial charge on any atom is -0.329 e. The molecule has 0 aliphatic carbocycles. The first-order valence-corrected chi connectivity index (χ1v) is 11.3. The fourth-order valence-electron chi connectivity index (χ4n) is 3.71. The van der Waals surface area contributed by atoms with Crippen LogP contribution in [0.2, 0.25) is 10.0 Å². The van der Waals surface area contributed by atoms with Crippen LogP contribution in [0.1, 0.15) is 29.8 Å². The summed E-state index contributed by atoms with van der Waals surface area (Å²) in [5.41, 5.74) is 1.02. The average molecular weight is 507 g/mol. The van der Waals surface area contributed by atoms with E-state index >= 15 is 0 Å². The molecule has 2 aromatic rings. The topological polar surface area (TPSA) is 104 Å². The molecule has 0 N–H and O–H groups in total. The molecule has 180 valence electrons. The van der Waals surface area contributed by atoms with E-state index in [1.165, 1.54) is 26.8 Å². The zero-order valence-corrected chi connectivity index (χ0v) is 20.5. The molecule has 0 saturated carbocycles. The van der Waals surface area contributed by atoms with Crippen LogP contribution in [-0.2, 0) is 9.59 Å². The number of hydrogen-bond donors (Lipinski definition) is 0. The summed E-state index contributed by atoms with van der Waals surface area (Å²) in [7, 11) is 0. The minimum atomic E-state index is -0.667. The molecule has 11 heteroatoms. The average Bonchev–Trinajstić information content (AvgIpc) is 3.16. The third kappa shape index (κ3) is 5.48. The summed E-state index contributed by atoms with van der Waals surface area (Å²) in [5.74, 6) is -1.17. The zero-order chi connectivity index (χ0) is 25.2. The van der Waals surface area contributed by atoms with Gasteiger partial charge in [-0.2, -0.15) is 0 Å². The fourth-order valence-corrected chi connectivity index (χ4v) is 4.06. The van der Waals surface area contributed by atoms with Crippen LogP contribution in [0.5, 0.6) is 0 Å². The Morgan fingerprint density at radius 1 is 1.18 bits per heavy atom. The molecular weight excluding hydrogens is 483 g/mol. The van der Waals surface area contributed by atoms with Gasteiger partial charge in [0.15, 0.2) is 0 Å². The van der Waals surface area contributed by atoms with Gasteiger partial charge in [-0.05, 0) is 42.7 Å². The van der Waals surface area contributed by atoms with Gasteiger partial charge >= 0.3 is 0 Å². The molecule has 1 saturated heterocycles. The highest BCUT2D eigenvalue weighted by atomic mass is 35.5. The zero-order valence-electron chi connectivity index (χ0n) is 19.0. The van der Waals surface area contributed by atoms with E-state index in [0.717, 1.165) is 11.6 Å². The summed E-state index contributed by atoms with van der Waals surface area (Å²) < 4.78 is 0. The van der Waals surface area contributed by atoms with E-state index in [4.69, 9.17) is 23.2 Å². The first-order valence-electron chi connectivity index (χ1n) is 10.6. The third-order valence-corrected chi connectivity index (χ3v) is 6.14. The number of amides is 3. The predicted molar refractivity (Wildman–Crippen MR) is 129 cm³/mol. The second-order valence-corrected chi connectivity index (χ2v) is 9.26. The standard InChI is InChI=1S/C23H24Cl2N4O5/c1-14(2)10-26(23(32)16-7-8-18(25)20(9-16)29(33)34)11-21(30)27-12-22(31)28(13-27)19-6-4-5-17(24)15(19)3/h4-9,14H,10-13H2,1-3H3. The molecule has 2 aromatic carbocycles. The molecule has 3 amide bonds. The SMILES string of the molecule is Cc1c(Cl)cccc1N1CN(C(=O)CN(CC(C)C)C(=O)c2ccc(Cl)c([N+](=O)[O-])c2)CC1=O. The van der Waals surface area contributed by atoms with Crippen LogP contribution in [0.3, 0.4) is 0 Å². The normalized spacial score (nSPS) is 13.5. The second kappa shape index (κ2) is 10.4. The number of halogens is 2. The summed E-state index contributed by atoms with van der Waals surface area (Å²) >= 11 is 12.0. The minimum absolute atomic E-state index is 0.0323. The molecule has 0 unspecified atom stereocenters. The maximum Gasteiger partial charge on any atom is 0.288 e. The summed E-state index contributed by atoms with van der Waals surface area (Å²) in [5, 5.41) is 11.6. The Hall–Kier alpha value is -3.17. The first kappa shape index (κ1) is 25.5. The van der Waals surface area contributed by atoms with Gasteiger partial charge in [0.2, 0.25) is 11.8 Å². The number of nitrogens with zero attached hydrogens (tertiary/aromatic N) is 4. The van der Waals surface area contributed by atoms with E-state index in [0.29, 0.717) is 10.7 Å². The van der Waals surface area contributed by atoms with E-state index < -0.39 is 16.7 Å². The van der Waals surface area contributed by atoms with Gasteiger partial charge in [0.1, 0.15) is 24.8 Å². The van der Waals surface area contributed by atoms with Gasteiger partial charge in [0.25, 0.3) is 11.6 Å². The highest BCUT2D eigenvalue weighted by Crippen LogP contribution is 2.29. The summed E-state index contributed by atoms with van der Waals surface area (Å²) in [6, 6.07) is 8.99. The van der Waals surface area contributed by atoms with E-state index in [-0.39, 0.29) is 54.4 Å². The van der Waals surface area contributed by atoms with Crippen molar-refractivity contribution in [3.05, 3.63) is 67.7 Å². The van der Waals surface area contributed by atoms with Crippen LogP contribution < -0.4 is 4.90 Å². The van der Waals surface area contributed by atoms with Crippen molar-refractivity contribution in [2.24, 2.45) is 5.92 Å². The molecule has 9 nitrogen and oxygen atoms in total. The Balaban J connectivity index is 1.79. The van der Waals surface area contributed by atoms with Crippen molar-refractivity contribution in [1.82, 2.24) is 9.80 Å². The van der Waals surface area contributed by atoms with Gasteiger partial charge in [-0.3, -0.25) is 29.4 Å². The Bertz CT molecular complexity index is 1150. The van der Waals surface area contributed by atoms with E-state index in [2.05, 4.69) is 0 Å². The quantitative estimate of drug-likeness (QED) is 0.414. The molecule has 1 fully saturated rings. The van der Waals surface area contributed by atoms with Gasteiger partial charge in [-0.1, -0.05) is 43.1 Å². The number of nitro groups is 1. The maximum absolute atomic E-state index is 13.1. The van der Waals surface area contributed by atoms with E-state index in [1.54, 1.807) is 25.1 Å². The van der Waals surface area contributed by atoms with Gasteiger partial charge in [0.05, 0.1) is 4.92 Å². The number of carbonyl (C=O) groups excluding carboxylic acids is 3. The molecule has 0 bridgehead atoms. The van der Waals surface area contributed by atoms with Crippen LogP contribution in [0.25, 0.3) is 0 Å². The molecular formula is C23H24Cl2N4O5. The van der Waals surface area contributed by atoms with Crippen LogP contribution in [0.15, 0.2) is 36.4 Å². The molecule has 1 aliphatic heterocycles. The van der Waals surface area contributed by atoms with Crippen molar-refractivity contribution in [3.8, 4) is 0 Å². The van der Waals surface area contributed by atoms with Crippen molar-refractivity contribution >= 4 is 52.3 Å².